The fraction of sp³-hybridized carbons (Fsp3) is 1.00. The lowest BCUT2D eigenvalue weighted by Crippen LogP contribution is -2.22. The van der Waals surface area contributed by atoms with E-state index in [0.717, 1.165) is 23.3 Å². The molecule has 1 saturated carbocycles. The molecule has 2 rings (SSSR count). The van der Waals surface area contributed by atoms with Crippen LogP contribution in [0.4, 0.5) is 0 Å². The first-order chi connectivity index (χ1) is 7.63. The number of hydrogen-bond acceptors (Lipinski definition) is 1. The molecular weight excluding hydrogens is 194 g/mol. The minimum absolute atomic E-state index is 0.753. The van der Waals surface area contributed by atoms with E-state index in [1.54, 1.807) is 0 Å². The van der Waals surface area contributed by atoms with Crippen molar-refractivity contribution in [3.05, 3.63) is 0 Å². The summed E-state index contributed by atoms with van der Waals surface area (Å²) in [5.74, 6) is 2.11. The largest absolute Gasteiger partial charge is 0.303 e. The van der Waals surface area contributed by atoms with Gasteiger partial charge in [-0.2, -0.15) is 0 Å². The molecule has 94 valence electrons. The van der Waals surface area contributed by atoms with Crippen molar-refractivity contribution in [1.82, 2.24) is 4.90 Å². The number of nitrogens with zero attached hydrogens (tertiary/aromatic N) is 1. The summed E-state index contributed by atoms with van der Waals surface area (Å²) in [4.78, 5) is 2.58. The summed E-state index contributed by atoms with van der Waals surface area (Å²) in [5.41, 5.74) is 0.753. The van der Waals surface area contributed by atoms with Crippen LogP contribution < -0.4 is 0 Å². The van der Waals surface area contributed by atoms with Gasteiger partial charge < -0.3 is 4.90 Å². The van der Waals surface area contributed by atoms with Crippen LogP contribution in [0.1, 0.15) is 59.3 Å². The Morgan fingerprint density at radius 3 is 2.25 bits per heavy atom. The fourth-order valence-corrected chi connectivity index (χ4v) is 4.21. The van der Waals surface area contributed by atoms with Crippen LogP contribution in [-0.4, -0.2) is 24.5 Å². The molecule has 0 aromatic heterocycles. The summed E-state index contributed by atoms with van der Waals surface area (Å²) in [6.07, 6.45) is 8.70. The lowest BCUT2D eigenvalue weighted by molar-refractivity contribution is 0.299. The van der Waals surface area contributed by atoms with Crippen molar-refractivity contribution in [3.8, 4) is 0 Å². The van der Waals surface area contributed by atoms with Gasteiger partial charge in [0.1, 0.15) is 0 Å². The molecule has 0 bridgehead atoms. The fourth-order valence-electron chi connectivity index (χ4n) is 4.21. The van der Waals surface area contributed by atoms with Gasteiger partial charge in [-0.25, -0.2) is 0 Å². The van der Waals surface area contributed by atoms with Crippen molar-refractivity contribution < 1.29 is 0 Å². The van der Waals surface area contributed by atoms with Crippen molar-refractivity contribution in [3.63, 3.8) is 0 Å². The van der Waals surface area contributed by atoms with E-state index in [2.05, 4.69) is 32.7 Å². The number of rotatable bonds is 5. The van der Waals surface area contributed by atoms with E-state index in [1.165, 1.54) is 45.1 Å². The van der Waals surface area contributed by atoms with Gasteiger partial charge in [0.25, 0.3) is 0 Å². The van der Waals surface area contributed by atoms with Crippen LogP contribution in [0, 0.1) is 17.3 Å². The Kier molecular flexibility index (Phi) is 3.63. The second-order valence-corrected chi connectivity index (χ2v) is 6.48. The Balaban J connectivity index is 1.93. The molecule has 1 spiro atoms. The van der Waals surface area contributed by atoms with Crippen LogP contribution >= 0.6 is 0 Å². The van der Waals surface area contributed by atoms with Crippen molar-refractivity contribution in [2.24, 2.45) is 17.3 Å². The van der Waals surface area contributed by atoms with Gasteiger partial charge in [0.05, 0.1) is 0 Å². The summed E-state index contributed by atoms with van der Waals surface area (Å²) in [6, 6.07) is 0.828. The second-order valence-electron chi connectivity index (χ2n) is 6.48. The Bertz CT molecular complexity index is 220. The summed E-state index contributed by atoms with van der Waals surface area (Å²) in [7, 11) is 2.31. The van der Waals surface area contributed by atoms with Crippen molar-refractivity contribution >= 4 is 0 Å². The Hall–Kier alpha value is -0.0400. The van der Waals surface area contributed by atoms with Gasteiger partial charge in [-0.05, 0) is 44.1 Å². The Morgan fingerprint density at radius 1 is 1.19 bits per heavy atom. The molecular formula is C15H29N. The molecule has 1 aliphatic carbocycles. The smallest absolute Gasteiger partial charge is 0.00699 e. The van der Waals surface area contributed by atoms with Gasteiger partial charge in [-0.15, -0.1) is 0 Å². The van der Waals surface area contributed by atoms with Crippen LogP contribution in [-0.2, 0) is 0 Å². The molecule has 1 aliphatic heterocycles. The highest BCUT2D eigenvalue weighted by molar-refractivity contribution is 5.11. The summed E-state index contributed by atoms with van der Waals surface area (Å²) in [5, 5.41) is 0. The third-order valence-electron chi connectivity index (χ3n) is 5.16. The van der Waals surface area contributed by atoms with E-state index in [1.807, 2.05) is 0 Å². The van der Waals surface area contributed by atoms with Gasteiger partial charge in [-0.3, -0.25) is 0 Å². The third-order valence-corrected chi connectivity index (χ3v) is 5.16. The molecule has 1 saturated heterocycles. The minimum Gasteiger partial charge on any atom is -0.303 e. The molecule has 0 aromatic rings. The first-order valence-corrected chi connectivity index (χ1v) is 7.33. The molecule has 3 atom stereocenters. The molecule has 2 aliphatic rings. The molecule has 0 N–H and O–H groups in total. The third kappa shape index (κ3) is 2.16. The zero-order valence-electron chi connectivity index (χ0n) is 11.6. The lowest BCUT2D eigenvalue weighted by Gasteiger charge is -2.18. The summed E-state index contributed by atoms with van der Waals surface area (Å²) < 4.78 is 0. The predicted molar refractivity (Wildman–Crippen MR) is 70.6 cm³/mol. The maximum atomic E-state index is 2.58. The van der Waals surface area contributed by atoms with Gasteiger partial charge >= 0.3 is 0 Å². The molecule has 2 fully saturated rings. The Labute approximate surface area is 102 Å². The van der Waals surface area contributed by atoms with E-state index < -0.39 is 0 Å². The number of likely N-dealkylation sites (tertiary alicyclic amines) is 1. The standard InChI is InChI=1S/C15H29N/c1-5-7-13(8-6-2)14-10-15(14)9-12(3)16(4)11-15/h12-14H,5-11H2,1-4H3/t12?,14-,15?/m1/s1. The highest BCUT2D eigenvalue weighted by Gasteiger charge is 2.60. The van der Waals surface area contributed by atoms with Gasteiger partial charge in [-0.1, -0.05) is 39.5 Å². The molecule has 0 amide bonds. The maximum absolute atomic E-state index is 2.58. The quantitative estimate of drug-likeness (QED) is 0.682. The first kappa shape index (κ1) is 12.4. The summed E-state index contributed by atoms with van der Waals surface area (Å²) >= 11 is 0. The number of hydrogen-bond donors (Lipinski definition) is 0. The Morgan fingerprint density at radius 2 is 1.81 bits per heavy atom. The topological polar surface area (TPSA) is 3.24 Å². The maximum Gasteiger partial charge on any atom is 0.00699 e. The molecule has 0 aromatic carbocycles. The van der Waals surface area contributed by atoms with Crippen LogP contribution in [0.15, 0.2) is 0 Å². The van der Waals surface area contributed by atoms with E-state index in [9.17, 15) is 0 Å². The van der Waals surface area contributed by atoms with Gasteiger partial charge in [0, 0.05) is 12.6 Å². The molecule has 1 nitrogen and oxygen atoms in total. The molecule has 2 unspecified atom stereocenters. The zero-order valence-corrected chi connectivity index (χ0v) is 11.6. The lowest BCUT2D eigenvalue weighted by atomic mass is 9.87. The first-order valence-electron chi connectivity index (χ1n) is 7.33. The minimum atomic E-state index is 0.753. The molecule has 1 heteroatoms. The molecule has 1 heterocycles. The van der Waals surface area contributed by atoms with Crippen LogP contribution in [0.5, 0.6) is 0 Å². The van der Waals surface area contributed by atoms with Crippen LogP contribution in [0.3, 0.4) is 0 Å². The van der Waals surface area contributed by atoms with Gasteiger partial charge in [0.2, 0.25) is 0 Å². The summed E-state index contributed by atoms with van der Waals surface area (Å²) in [6.45, 7) is 8.48. The predicted octanol–water partition coefficient (Wildman–Crippen LogP) is 3.93. The molecule has 16 heavy (non-hydrogen) atoms. The SMILES string of the molecule is CCCC(CCC)[C@H]1CC12CC(C)N(C)C2. The van der Waals surface area contributed by atoms with E-state index in [0.29, 0.717) is 0 Å². The van der Waals surface area contributed by atoms with Gasteiger partial charge in [0.15, 0.2) is 0 Å². The normalized spacial score (nSPS) is 38.8. The zero-order chi connectivity index (χ0) is 11.8. The average molecular weight is 223 g/mol. The molecule has 0 radical (unpaired) electrons. The van der Waals surface area contributed by atoms with Crippen molar-refractivity contribution in [2.45, 2.75) is 65.3 Å². The van der Waals surface area contributed by atoms with E-state index in [-0.39, 0.29) is 0 Å². The van der Waals surface area contributed by atoms with Crippen molar-refractivity contribution in [1.29, 1.82) is 0 Å². The average Bonchev–Trinajstić information content (AvgIpc) is 2.83. The van der Waals surface area contributed by atoms with Crippen molar-refractivity contribution in [2.75, 3.05) is 13.6 Å². The van der Waals surface area contributed by atoms with Crippen LogP contribution in [0.25, 0.3) is 0 Å². The second kappa shape index (κ2) is 4.68. The van der Waals surface area contributed by atoms with E-state index in [4.69, 9.17) is 0 Å². The monoisotopic (exact) mass is 223 g/mol. The highest BCUT2D eigenvalue weighted by atomic mass is 15.2. The highest BCUT2D eigenvalue weighted by Crippen LogP contribution is 2.64. The van der Waals surface area contributed by atoms with E-state index >= 15 is 0 Å². The van der Waals surface area contributed by atoms with Crippen LogP contribution in [0.2, 0.25) is 0 Å².